The van der Waals surface area contributed by atoms with Crippen LogP contribution in [-0.2, 0) is 19.0 Å². The SMILES string of the molecule is O=C(NNc1ccccc1C(F)(F)F)c1cc2c(s1)CCCC2. The van der Waals surface area contributed by atoms with Gasteiger partial charge in [-0.25, -0.2) is 0 Å². The van der Waals surface area contributed by atoms with Gasteiger partial charge in [-0.1, -0.05) is 12.1 Å². The molecule has 0 fully saturated rings. The van der Waals surface area contributed by atoms with Crippen LogP contribution >= 0.6 is 11.3 Å². The van der Waals surface area contributed by atoms with Crippen LogP contribution in [0.1, 0.15) is 38.5 Å². The molecule has 122 valence electrons. The summed E-state index contributed by atoms with van der Waals surface area (Å²) in [6.45, 7) is 0. The van der Waals surface area contributed by atoms with E-state index < -0.39 is 17.6 Å². The van der Waals surface area contributed by atoms with Gasteiger partial charge in [0.2, 0.25) is 0 Å². The van der Waals surface area contributed by atoms with Crippen molar-refractivity contribution in [1.29, 1.82) is 0 Å². The zero-order valence-electron chi connectivity index (χ0n) is 12.2. The molecule has 7 heteroatoms. The fraction of sp³-hybridized carbons (Fsp3) is 0.312. The van der Waals surface area contributed by atoms with E-state index in [2.05, 4.69) is 10.9 Å². The molecule has 0 saturated carbocycles. The van der Waals surface area contributed by atoms with Crippen LogP contribution in [0.3, 0.4) is 0 Å². The molecule has 0 unspecified atom stereocenters. The number of nitrogens with one attached hydrogen (secondary N) is 2. The average molecular weight is 340 g/mol. The Hall–Kier alpha value is -2.02. The highest BCUT2D eigenvalue weighted by Gasteiger charge is 2.33. The van der Waals surface area contributed by atoms with Gasteiger partial charge in [0.1, 0.15) is 0 Å². The molecule has 0 saturated heterocycles. The highest BCUT2D eigenvalue weighted by Crippen LogP contribution is 2.34. The van der Waals surface area contributed by atoms with Crippen molar-refractivity contribution >= 4 is 22.9 Å². The predicted octanol–water partition coefficient (Wildman–Crippen LogP) is 4.40. The lowest BCUT2D eigenvalue weighted by Crippen LogP contribution is -2.29. The predicted molar refractivity (Wildman–Crippen MR) is 83.5 cm³/mol. The largest absolute Gasteiger partial charge is 0.418 e. The number of fused-ring (bicyclic) bond motifs is 1. The van der Waals surface area contributed by atoms with E-state index in [0.717, 1.165) is 31.7 Å². The molecule has 3 nitrogen and oxygen atoms in total. The van der Waals surface area contributed by atoms with E-state index in [9.17, 15) is 18.0 Å². The molecule has 1 amide bonds. The molecule has 1 aliphatic carbocycles. The first kappa shape index (κ1) is 15.9. The number of anilines is 1. The number of amides is 1. The molecule has 1 heterocycles. The van der Waals surface area contributed by atoms with Gasteiger partial charge in [-0.3, -0.25) is 15.6 Å². The van der Waals surface area contributed by atoms with Crippen molar-refractivity contribution in [3.63, 3.8) is 0 Å². The van der Waals surface area contributed by atoms with Gasteiger partial charge in [-0.05, 0) is 49.4 Å². The van der Waals surface area contributed by atoms with Crippen LogP contribution in [0, 0.1) is 0 Å². The number of para-hydroxylation sites is 1. The van der Waals surface area contributed by atoms with Crippen LogP contribution in [0.2, 0.25) is 0 Å². The lowest BCUT2D eigenvalue weighted by molar-refractivity contribution is -0.137. The summed E-state index contributed by atoms with van der Waals surface area (Å²) in [7, 11) is 0. The van der Waals surface area contributed by atoms with Crippen LogP contribution in [0.4, 0.5) is 18.9 Å². The maximum absolute atomic E-state index is 12.9. The number of aryl methyl sites for hydroxylation is 2. The number of carbonyl (C=O) groups is 1. The molecule has 23 heavy (non-hydrogen) atoms. The maximum atomic E-state index is 12.9. The number of alkyl halides is 3. The molecule has 0 aliphatic heterocycles. The van der Waals surface area contributed by atoms with Gasteiger partial charge in [0.05, 0.1) is 16.1 Å². The minimum Gasteiger partial charge on any atom is -0.298 e. The summed E-state index contributed by atoms with van der Waals surface area (Å²) in [5.41, 5.74) is 4.94. The van der Waals surface area contributed by atoms with Crippen LogP contribution in [-0.4, -0.2) is 5.91 Å². The Balaban J connectivity index is 1.71. The molecule has 1 aromatic carbocycles. The number of carbonyl (C=O) groups excluding carboxylic acids is 1. The summed E-state index contributed by atoms with van der Waals surface area (Å²) in [5, 5.41) is 0. The van der Waals surface area contributed by atoms with E-state index in [1.165, 1.54) is 40.0 Å². The number of hydrogen-bond donors (Lipinski definition) is 2. The van der Waals surface area contributed by atoms with Crippen molar-refractivity contribution in [3.8, 4) is 0 Å². The van der Waals surface area contributed by atoms with Crippen molar-refractivity contribution in [2.45, 2.75) is 31.9 Å². The Kier molecular flexibility index (Phi) is 4.30. The highest BCUT2D eigenvalue weighted by atomic mass is 32.1. The molecule has 0 bridgehead atoms. The monoisotopic (exact) mass is 340 g/mol. The van der Waals surface area contributed by atoms with E-state index >= 15 is 0 Å². The minimum absolute atomic E-state index is 0.172. The molecule has 0 atom stereocenters. The van der Waals surface area contributed by atoms with Crippen LogP contribution in [0.5, 0.6) is 0 Å². The van der Waals surface area contributed by atoms with E-state index in [1.54, 1.807) is 0 Å². The summed E-state index contributed by atoms with van der Waals surface area (Å²) in [6.07, 6.45) is -0.314. The summed E-state index contributed by atoms with van der Waals surface area (Å²) in [5.74, 6) is -0.415. The highest BCUT2D eigenvalue weighted by molar-refractivity contribution is 7.14. The zero-order chi connectivity index (χ0) is 16.4. The second-order valence-electron chi connectivity index (χ2n) is 5.39. The van der Waals surface area contributed by atoms with E-state index in [-0.39, 0.29) is 5.69 Å². The molecular weight excluding hydrogens is 325 g/mol. The molecule has 2 N–H and O–H groups in total. The quantitative estimate of drug-likeness (QED) is 0.813. The van der Waals surface area contributed by atoms with Crippen molar-refractivity contribution < 1.29 is 18.0 Å². The molecular formula is C16H15F3N2OS. The zero-order valence-corrected chi connectivity index (χ0v) is 13.0. The second-order valence-corrected chi connectivity index (χ2v) is 6.53. The molecule has 0 radical (unpaired) electrons. The number of hydrazine groups is 1. The van der Waals surface area contributed by atoms with Crippen LogP contribution in [0.15, 0.2) is 30.3 Å². The summed E-state index contributed by atoms with van der Waals surface area (Å²) >= 11 is 1.41. The molecule has 1 aliphatic rings. The van der Waals surface area contributed by atoms with Gasteiger partial charge >= 0.3 is 6.18 Å². The van der Waals surface area contributed by atoms with E-state index in [4.69, 9.17) is 0 Å². The first-order valence-electron chi connectivity index (χ1n) is 7.29. The standard InChI is InChI=1S/C16H15F3N2OS/c17-16(18,19)11-6-2-3-7-12(11)20-21-15(22)14-9-10-5-1-4-8-13(10)23-14/h2-3,6-7,9,20H,1,4-5,8H2,(H,21,22). The Bertz CT molecular complexity index is 701. The minimum atomic E-state index is -4.48. The first-order valence-corrected chi connectivity index (χ1v) is 8.11. The Morgan fingerprint density at radius 3 is 2.61 bits per heavy atom. The molecule has 3 rings (SSSR count). The number of hydrogen-bond acceptors (Lipinski definition) is 3. The Labute approximate surface area is 135 Å². The van der Waals surface area contributed by atoms with E-state index in [0.29, 0.717) is 4.88 Å². The fourth-order valence-electron chi connectivity index (χ4n) is 2.63. The van der Waals surface area contributed by atoms with Gasteiger partial charge in [0.15, 0.2) is 0 Å². The summed E-state index contributed by atoms with van der Waals surface area (Å²) < 4.78 is 38.7. The van der Waals surface area contributed by atoms with Crippen molar-refractivity contribution in [1.82, 2.24) is 5.43 Å². The first-order chi connectivity index (χ1) is 10.9. The topological polar surface area (TPSA) is 41.1 Å². The number of thiophene rings is 1. The number of rotatable bonds is 3. The van der Waals surface area contributed by atoms with Crippen LogP contribution in [0.25, 0.3) is 0 Å². The lowest BCUT2D eigenvalue weighted by Gasteiger charge is -2.14. The smallest absolute Gasteiger partial charge is 0.298 e. The van der Waals surface area contributed by atoms with E-state index in [1.807, 2.05) is 6.07 Å². The molecule has 0 spiro atoms. The Morgan fingerprint density at radius 1 is 1.13 bits per heavy atom. The Morgan fingerprint density at radius 2 is 1.87 bits per heavy atom. The number of benzene rings is 1. The van der Waals surface area contributed by atoms with Crippen LogP contribution < -0.4 is 10.9 Å². The third-order valence-corrected chi connectivity index (χ3v) is 5.00. The average Bonchev–Trinajstić information content (AvgIpc) is 2.96. The van der Waals surface area contributed by atoms with Crippen molar-refractivity contribution in [3.05, 3.63) is 51.2 Å². The van der Waals surface area contributed by atoms with Gasteiger partial charge in [0.25, 0.3) is 5.91 Å². The van der Waals surface area contributed by atoms with Gasteiger partial charge in [0, 0.05) is 4.88 Å². The second kappa shape index (κ2) is 6.23. The maximum Gasteiger partial charge on any atom is 0.418 e. The van der Waals surface area contributed by atoms with Crippen molar-refractivity contribution in [2.24, 2.45) is 0 Å². The summed E-state index contributed by atoms with van der Waals surface area (Å²) in [6, 6.07) is 6.88. The van der Waals surface area contributed by atoms with Gasteiger partial charge in [-0.15, -0.1) is 11.3 Å². The lowest BCUT2D eigenvalue weighted by atomic mass is 9.99. The normalized spacial score (nSPS) is 14.2. The molecule has 2 aromatic rings. The van der Waals surface area contributed by atoms with Gasteiger partial charge < -0.3 is 0 Å². The fourth-order valence-corrected chi connectivity index (χ4v) is 3.78. The molecule has 1 aromatic heterocycles. The third-order valence-electron chi connectivity index (χ3n) is 3.76. The summed E-state index contributed by atoms with van der Waals surface area (Å²) in [4.78, 5) is 13.9. The van der Waals surface area contributed by atoms with Crippen molar-refractivity contribution in [2.75, 3.05) is 5.43 Å². The third kappa shape index (κ3) is 3.50. The number of halogens is 3. The van der Waals surface area contributed by atoms with Gasteiger partial charge in [-0.2, -0.15) is 13.2 Å².